The molecular weight excluding hydrogens is 160 g/mol. The fraction of sp³-hybridized carbons (Fsp3) is 0.750. The third kappa shape index (κ3) is 1.96. The van der Waals surface area contributed by atoms with Gasteiger partial charge in [0.2, 0.25) is 6.10 Å². The zero-order valence-electron chi connectivity index (χ0n) is 7.42. The maximum absolute atomic E-state index is 11.0. The van der Waals surface area contributed by atoms with Crippen LogP contribution in [0.5, 0.6) is 0 Å². The average Bonchev–Trinajstić information content (AvgIpc) is 2.03. The lowest BCUT2D eigenvalue weighted by atomic mass is 10.0. The summed E-state index contributed by atoms with van der Waals surface area (Å²) in [6.45, 7) is 4.85. The molecule has 4 heteroatoms. The number of carbonyl (C=O) groups is 2. The minimum Gasteiger partial charge on any atom is -0.457 e. The Morgan fingerprint density at radius 2 is 2.25 bits per heavy atom. The molecule has 0 spiro atoms. The quantitative estimate of drug-likeness (QED) is 0.545. The number of ether oxygens (including phenoxy) is 2. The van der Waals surface area contributed by atoms with Crippen molar-refractivity contribution >= 4 is 11.9 Å². The summed E-state index contributed by atoms with van der Waals surface area (Å²) in [4.78, 5) is 21.6. The van der Waals surface area contributed by atoms with Gasteiger partial charge < -0.3 is 9.47 Å². The Labute approximate surface area is 70.8 Å². The fourth-order valence-corrected chi connectivity index (χ4v) is 1.20. The van der Waals surface area contributed by atoms with E-state index in [-0.39, 0.29) is 0 Å². The summed E-state index contributed by atoms with van der Waals surface area (Å²) >= 11 is 0. The number of esters is 2. The van der Waals surface area contributed by atoms with Crippen molar-refractivity contribution in [2.24, 2.45) is 0 Å². The SMILES string of the molecule is CC(=O)OC1CC(C)(C)OC1=O. The van der Waals surface area contributed by atoms with E-state index in [0.29, 0.717) is 6.42 Å². The third-order valence-corrected chi connectivity index (χ3v) is 1.62. The molecule has 0 aromatic carbocycles. The van der Waals surface area contributed by atoms with Crippen molar-refractivity contribution in [2.45, 2.75) is 38.9 Å². The monoisotopic (exact) mass is 172 g/mol. The highest BCUT2D eigenvalue weighted by Gasteiger charge is 2.41. The van der Waals surface area contributed by atoms with Crippen LogP contribution in [0.4, 0.5) is 0 Å². The molecule has 0 bridgehead atoms. The molecule has 0 aromatic heterocycles. The number of hydrogen-bond acceptors (Lipinski definition) is 4. The molecule has 0 aliphatic carbocycles. The molecule has 1 heterocycles. The lowest BCUT2D eigenvalue weighted by Gasteiger charge is -2.13. The molecule has 1 unspecified atom stereocenters. The molecule has 0 saturated carbocycles. The van der Waals surface area contributed by atoms with Crippen molar-refractivity contribution in [1.82, 2.24) is 0 Å². The van der Waals surface area contributed by atoms with Crippen LogP contribution < -0.4 is 0 Å². The van der Waals surface area contributed by atoms with Gasteiger partial charge in [0, 0.05) is 13.3 Å². The van der Waals surface area contributed by atoms with E-state index in [1.165, 1.54) is 6.92 Å². The van der Waals surface area contributed by atoms with Gasteiger partial charge in [-0.15, -0.1) is 0 Å². The third-order valence-electron chi connectivity index (χ3n) is 1.62. The van der Waals surface area contributed by atoms with Crippen LogP contribution in [0.3, 0.4) is 0 Å². The minimum atomic E-state index is -0.711. The standard InChI is InChI=1S/C8H12O4/c1-5(9)11-6-4-8(2,3)12-7(6)10/h6H,4H2,1-3H3. The lowest BCUT2D eigenvalue weighted by molar-refractivity contribution is -0.161. The zero-order chi connectivity index (χ0) is 9.35. The molecule has 0 radical (unpaired) electrons. The highest BCUT2D eigenvalue weighted by Crippen LogP contribution is 2.27. The van der Waals surface area contributed by atoms with Gasteiger partial charge in [-0.05, 0) is 13.8 Å². The second-order valence-corrected chi connectivity index (χ2v) is 3.48. The minimum absolute atomic E-state index is 0.436. The molecule has 1 atom stereocenters. The Bertz CT molecular complexity index is 219. The number of cyclic esters (lactones) is 1. The first-order valence-corrected chi connectivity index (χ1v) is 3.81. The first kappa shape index (κ1) is 9.03. The van der Waals surface area contributed by atoms with Crippen molar-refractivity contribution in [1.29, 1.82) is 0 Å². The van der Waals surface area contributed by atoms with Crippen LogP contribution in [0, 0.1) is 0 Å². The largest absolute Gasteiger partial charge is 0.457 e. The first-order chi connectivity index (χ1) is 5.41. The van der Waals surface area contributed by atoms with Crippen LogP contribution in [-0.4, -0.2) is 23.6 Å². The zero-order valence-corrected chi connectivity index (χ0v) is 7.42. The topological polar surface area (TPSA) is 52.6 Å². The Balaban J connectivity index is 2.58. The van der Waals surface area contributed by atoms with Gasteiger partial charge in [0.15, 0.2) is 0 Å². The van der Waals surface area contributed by atoms with Crippen LogP contribution in [0.2, 0.25) is 0 Å². The van der Waals surface area contributed by atoms with E-state index in [0.717, 1.165) is 0 Å². The molecule has 1 fully saturated rings. The summed E-state index contributed by atoms with van der Waals surface area (Å²) in [6.07, 6.45) is -0.275. The van der Waals surface area contributed by atoms with Gasteiger partial charge in [-0.2, -0.15) is 0 Å². The molecular formula is C8H12O4. The number of carbonyl (C=O) groups excluding carboxylic acids is 2. The average molecular weight is 172 g/mol. The first-order valence-electron chi connectivity index (χ1n) is 3.81. The molecule has 0 amide bonds. The summed E-state index contributed by atoms with van der Waals surface area (Å²) in [5.41, 5.74) is -0.503. The van der Waals surface area contributed by atoms with Gasteiger partial charge in [0.1, 0.15) is 5.60 Å². The van der Waals surface area contributed by atoms with Crippen LogP contribution >= 0.6 is 0 Å². The predicted molar refractivity (Wildman–Crippen MR) is 40.3 cm³/mol. The molecule has 1 aliphatic rings. The smallest absolute Gasteiger partial charge is 0.348 e. The van der Waals surface area contributed by atoms with Gasteiger partial charge >= 0.3 is 11.9 Å². The predicted octanol–water partition coefficient (Wildman–Crippen LogP) is 0.644. The van der Waals surface area contributed by atoms with E-state index in [1.807, 2.05) is 0 Å². The van der Waals surface area contributed by atoms with Crippen molar-refractivity contribution < 1.29 is 19.1 Å². The Morgan fingerprint density at radius 3 is 2.58 bits per heavy atom. The van der Waals surface area contributed by atoms with Crippen LogP contribution in [0.1, 0.15) is 27.2 Å². The summed E-state index contributed by atoms with van der Waals surface area (Å²) in [5.74, 6) is -0.898. The Kier molecular flexibility index (Phi) is 2.08. The van der Waals surface area contributed by atoms with Gasteiger partial charge in [-0.3, -0.25) is 4.79 Å². The van der Waals surface area contributed by atoms with Crippen LogP contribution in [0.25, 0.3) is 0 Å². The van der Waals surface area contributed by atoms with Gasteiger partial charge in [0.25, 0.3) is 0 Å². The molecule has 68 valence electrons. The van der Waals surface area contributed by atoms with Gasteiger partial charge in [0.05, 0.1) is 0 Å². The molecule has 1 rings (SSSR count). The van der Waals surface area contributed by atoms with E-state index in [1.54, 1.807) is 13.8 Å². The summed E-state index contributed by atoms with van der Waals surface area (Å²) in [7, 11) is 0. The Morgan fingerprint density at radius 1 is 1.67 bits per heavy atom. The van der Waals surface area contributed by atoms with Crippen molar-refractivity contribution in [3.05, 3.63) is 0 Å². The Hall–Kier alpha value is -1.06. The molecule has 12 heavy (non-hydrogen) atoms. The fourth-order valence-electron chi connectivity index (χ4n) is 1.20. The second kappa shape index (κ2) is 2.77. The van der Waals surface area contributed by atoms with E-state index in [2.05, 4.69) is 0 Å². The van der Waals surface area contributed by atoms with Crippen LogP contribution in [-0.2, 0) is 19.1 Å². The van der Waals surface area contributed by atoms with Gasteiger partial charge in [-0.25, -0.2) is 4.79 Å². The second-order valence-electron chi connectivity index (χ2n) is 3.48. The van der Waals surface area contributed by atoms with Crippen molar-refractivity contribution in [3.63, 3.8) is 0 Å². The highest BCUT2D eigenvalue weighted by atomic mass is 16.6. The van der Waals surface area contributed by atoms with Crippen molar-refractivity contribution in [2.75, 3.05) is 0 Å². The molecule has 1 aliphatic heterocycles. The lowest BCUT2D eigenvalue weighted by Crippen LogP contribution is -2.21. The van der Waals surface area contributed by atoms with Gasteiger partial charge in [-0.1, -0.05) is 0 Å². The van der Waals surface area contributed by atoms with E-state index in [9.17, 15) is 9.59 Å². The maximum Gasteiger partial charge on any atom is 0.348 e. The molecule has 0 N–H and O–H groups in total. The van der Waals surface area contributed by atoms with Crippen LogP contribution in [0.15, 0.2) is 0 Å². The highest BCUT2D eigenvalue weighted by molar-refractivity contribution is 5.80. The summed E-state index contributed by atoms with van der Waals surface area (Å²) in [5, 5.41) is 0. The van der Waals surface area contributed by atoms with E-state index < -0.39 is 23.6 Å². The normalized spacial score (nSPS) is 26.6. The number of hydrogen-bond donors (Lipinski definition) is 0. The van der Waals surface area contributed by atoms with E-state index >= 15 is 0 Å². The molecule has 0 aromatic rings. The van der Waals surface area contributed by atoms with E-state index in [4.69, 9.17) is 9.47 Å². The molecule has 1 saturated heterocycles. The summed E-state index contributed by atoms with van der Waals surface area (Å²) in [6, 6.07) is 0. The number of rotatable bonds is 1. The maximum atomic E-state index is 11.0. The summed E-state index contributed by atoms with van der Waals surface area (Å²) < 4.78 is 9.69. The molecule has 4 nitrogen and oxygen atoms in total. The van der Waals surface area contributed by atoms with Crippen molar-refractivity contribution in [3.8, 4) is 0 Å².